The van der Waals surface area contributed by atoms with Crippen molar-refractivity contribution in [3.8, 4) is 0 Å². The first kappa shape index (κ1) is 23.5. The van der Waals surface area contributed by atoms with Gasteiger partial charge in [0.15, 0.2) is 0 Å². The fraction of sp³-hybridized carbons (Fsp3) is 0.435. The number of hydrogen-bond acceptors (Lipinski definition) is 4. The third kappa shape index (κ3) is 8.44. The Labute approximate surface area is 169 Å². The number of carbonyl (C=O) groups excluding carboxylic acids is 1. The van der Waals surface area contributed by atoms with Gasteiger partial charge in [0.25, 0.3) is 0 Å². The van der Waals surface area contributed by atoms with Crippen molar-refractivity contribution in [2.45, 2.75) is 52.7 Å². The van der Waals surface area contributed by atoms with E-state index in [-0.39, 0.29) is 6.54 Å². The molecule has 1 unspecified atom stereocenters. The lowest BCUT2D eigenvalue weighted by atomic mass is 10.1. The molecule has 0 spiro atoms. The van der Waals surface area contributed by atoms with Gasteiger partial charge in [0.05, 0.1) is 12.6 Å². The van der Waals surface area contributed by atoms with E-state index in [4.69, 9.17) is 10.5 Å². The first-order valence-electron chi connectivity index (χ1n) is 9.80. The van der Waals surface area contributed by atoms with Crippen LogP contribution in [-0.4, -0.2) is 34.8 Å². The van der Waals surface area contributed by atoms with E-state index in [0.717, 1.165) is 11.1 Å². The van der Waals surface area contributed by atoms with Gasteiger partial charge in [0.1, 0.15) is 5.60 Å². The summed E-state index contributed by atoms with van der Waals surface area (Å²) in [6.45, 7) is 10.1. The molecule has 3 N–H and O–H groups in total. The summed E-state index contributed by atoms with van der Waals surface area (Å²) < 4.78 is 5.50. The van der Waals surface area contributed by atoms with E-state index < -0.39 is 17.8 Å². The fourth-order valence-corrected chi connectivity index (χ4v) is 2.52. The number of anilines is 1. The molecule has 2 rings (SSSR count). The van der Waals surface area contributed by atoms with Crippen molar-refractivity contribution in [2.24, 2.45) is 0 Å². The number of nitrogen functional groups attached to an aromatic ring is 1. The van der Waals surface area contributed by atoms with Crippen LogP contribution in [0.25, 0.3) is 0 Å². The minimum absolute atomic E-state index is 0.175. The summed E-state index contributed by atoms with van der Waals surface area (Å²) in [6, 6.07) is 16.9. The molecular formula is C23H34N2O3. The Hall–Kier alpha value is -2.53. The summed E-state index contributed by atoms with van der Waals surface area (Å²) in [7, 11) is 0. The van der Waals surface area contributed by atoms with E-state index in [9.17, 15) is 9.90 Å². The molecule has 0 saturated heterocycles. The van der Waals surface area contributed by atoms with E-state index >= 15 is 0 Å². The van der Waals surface area contributed by atoms with Crippen molar-refractivity contribution in [1.29, 1.82) is 0 Å². The molecule has 2 aromatic carbocycles. The molecule has 2 aromatic rings. The van der Waals surface area contributed by atoms with E-state index in [0.29, 0.717) is 18.7 Å². The maximum absolute atomic E-state index is 12.6. The van der Waals surface area contributed by atoms with Crippen molar-refractivity contribution >= 4 is 11.8 Å². The summed E-state index contributed by atoms with van der Waals surface area (Å²) in [5.41, 5.74) is 7.67. The molecule has 0 aliphatic rings. The van der Waals surface area contributed by atoms with Gasteiger partial charge in [-0.05, 0) is 50.5 Å². The Morgan fingerprint density at radius 2 is 1.64 bits per heavy atom. The molecule has 1 atom stereocenters. The maximum Gasteiger partial charge on any atom is 0.410 e. The molecular weight excluding hydrogens is 352 g/mol. The number of hydrogen-bond donors (Lipinski definition) is 2. The minimum atomic E-state index is -0.768. The van der Waals surface area contributed by atoms with Crippen LogP contribution in [-0.2, 0) is 11.2 Å². The Morgan fingerprint density at radius 3 is 2.18 bits per heavy atom. The third-order valence-electron chi connectivity index (χ3n) is 3.88. The van der Waals surface area contributed by atoms with Crippen LogP contribution in [0.2, 0.25) is 0 Å². The number of rotatable bonds is 6. The van der Waals surface area contributed by atoms with Crippen LogP contribution in [0.3, 0.4) is 0 Å². The summed E-state index contributed by atoms with van der Waals surface area (Å²) >= 11 is 0. The van der Waals surface area contributed by atoms with E-state index in [1.807, 2.05) is 89.2 Å². The molecule has 0 saturated carbocycles. The molecule has 0 aliphatic heterocycles. The lowest BCUT2D eigenvalue weighted by molar-refractivity contribution is 0.0147. The van der Waals surface area contributed by atoms with Crippen LogP contribution < -0.4 is 5.73 Å². The molecule has 0 aliphatic carbocycles. The highest BCUT2D eigenvalue weighted by atomic mass is 16.6. The minimum Gasteiger partial charge on any atom is -0.444 e. The average molecular weight is 387 g/mol. The molecule has 28 heavy (non-hydrogen) atoms. The predicted molar refractivity (Wildman–Crippen MR) is 115 cm³/mol. The molecule has 0 aromatic heterocycles. The van der Waals surface area contributed by atoms with Gasteiger partial charge in [0.2, 0.25) is 0 Å². The lowest BCUT2D eigenvalue weighted by Crippen LogP contribution is -2.40. The SMILES string of the molecule is CC.CC(C)(C)OC(=O)N(CCc1ccc(N)cc1)CC(O)c1ccccc1. The topological polar surface area (TPSA) is 75.8 Å². The zero-order valence-electron chi connectivity index (χ0n) is 17.7. The van der Waals surface area contributed by atoms with Crippen molar-refractivity contribution in [3.63, 3.8) is 0 Å². The fourth-order valence-electron chi connectivity index (χ4n) is 2.52. The van der Waals surface area contributed by atoms with Crippen LogP contribution >= 0.6 is 0 Å². The number of carbonyl (C=O) groups is 1. The quantitative estimate of drug-likeness (QED) is 0.699. The molecule has 5 nitrogen and oxygen atoms in total. The summed E-state index contributed by atoms with van der Waals surface area (Å²) in [6.07, 6.45) is -0.542. The second-order valence-corrected chi connectivity index (χ2v) is 7.34. The monoisotopic (exact) mass is 386 g/mol. The Morgan fingerprint density at radius 1 is 1.07 bits per heavy atom. The van der Waals surface area contributed by atoms with Gasteiger partial charge < -0.3 is 20.5 Å². The largest absolute Gasteiger partial charge is 0.444 e. The number of benzene rings is 2. The average Bonchev–Trinajstić information content (AvgIpc) is 2.67. The number of amides is 1. The van der Waals surface area contributed by atoms with Crippen LogP contribution in [0.5, 0.6) is 0 Å². The number of aliphatic hydroxyl groups excluding tert-OH is 1. The summed E-state index contributed by atoms with van der Waals surface area (Å²) in [5.74, 6) is 0. The van der Waals surface area contributed by atoms with Crippen LogP contribution in [0, 0.1) is 0 Å². The second kappa shape index (κ2) is 11.3. The van der Waals surface area contributed by atoms with Crippen molar-refractivity contribution < 1.29 is 14.6 Å². The van der Waals surface area contributed by atoms with Gasteiger partial charge in [-0.2, -0.15) is 0 Å². The molecule has 0 heterocycles. The van der Waals surface area contributed by atoms with Gasteiger partial charge in [-0.1, -0.05) is 56.3 Å². The van der Waals surface area contributed by atoms with Crippen molar-refractivity contribution in [2.75, 3.05) is 18.8 Å². The van der Waals surface area contributed by atoms with E-state index in [2.05, 4.69) is 0 Å². The summed E-state index contributed by atoms with van der Waals surface area (Å²) in [4.78, 5) is 14.1. The van der Waals surface area contributed by atoms with Crippen molar-refractivity contribution in [3.05, 3.63) is 65.7 Å². The lowest BCUT2D eigenvalue weighted by Gasteiger charge is -2.29. The second-order valence-electron chi connectivity index (χ2n) is 7.34. The zero-order chi connectivity index (χ0) is 21.2. The number of nitrogens with zero attached hydrogens (tertiary/aromatic N) is 1. The summed E-state index contributed by atoms with van der Waals surface area (Å²) in [5, 5.41) is 10.5. The molecule has 5 heteroatoms. The Kier molecular flexibility index (Phi) is 9.52. The van der Waals surface area contributed by atoms with E-state index in [1.54, 1.807) is 4.90 Å². The smallest absolute Gasteiger partial charge is 0.410 e. The van der Waals surface area contributed by atoms with Gasteiger partial charge >= 0.3 is 6.09 Å². The van der Waals surface area contributed by atoms with Gasteiger partial charge in [-0.3, -0.25) is 0 Å². The molecule has 0 bridgehead atoms. The van der Waals surface area contributed by atoms with E-state index in [1.165, 1.54) is 0 Å². The van der Waals surface area contributed by atoms with Gasteiger partial charge in [0, 0.05) is 12.2 Å². The first-order valence-corrected chi connectivity index (χ1v) is 9.80. The number of aliphatic hydroxyl groups is 1. The standard InChI is InChI=1S/C21H28N2O3.C2H6/c1-21(2,3)26-20(25)23(14-13-16-9-11-18(22)12-10-16)15-19(24)17-7-5-4-6-8-17;1-2/h4-12,19,24H,13-15,22H2,1-3H3;1-2H3. The highest BCUT2D eigenvalue weighted by Gasteiger charge is 2.24. The normalized spacial score (nSPS) is 11.8. The maximum atomic E-state index is 12.6. The van der Waals surface area contributed by atoms with Gasteiger partial charge in [-0.25, -0.2) is 4.79 Å². The van der Waals surface area contributed by atoms with Crippen LogP contribution in [0.1, 0.15) is 51.8 Å². The highest BCUT2D eigenvalue weighted by Crippen LogP contribution is 2.17. The highest BCUT2D eigenvalue weighted by molar-refractivity contribution is 5.68. The molecule has 1 amide bonds. The van der Waals surface area contributed by atoms with Gasteiger partial charge in [-0.15, -0.1) is 0 Å². The van der Waals surface area contributed by atoms with Crippen molar-refractivity contribution in [1.82, 2.24) is 4.90 Å². The number of nitrogens with two attached hydrogens (primary N) is 1. The number of ether oxygens (including phenoxy) is 1. The molecule has 0 radical (unpaired) electrons. The molecule has 154 valence electrons. The first-order chi connectivity index (χ1) is 13.2. The van der Waals surface area contributed by atoms with Crippen LogP contribution in [0.15, 0.2) is 54.6 Å². The zero-order valence-corrected chi connectivity index (χ0v) is 17.7. The Balaban J connectivity index is 0.00000190. The van der Waals surface area contributed by atoms with Crippen LogP contribution in [0.4, 0.5) is 10.5 Å². The Bertz CT molecular complexity index is 694. The third-order valence-corrected chi connectivity index (χ3v) is 3.88. The molecule has 0 fully saturated rings. The predicted octanol–water partition coefficient (Wildman–Crippen LogP) is 4.81.